The molecule has 1 aliphatic rings. The topological polar surface area (TPSA) is 58.4 Å². The Balaban J connectivity index is 1.86. The predicted molar refractivity (Wildman–Crippen MR) is 88.5 cm³/mol. The molecule has 1 amide bonds. The minimum Gasteiger partial charge on any atom is -0.397 e. The van der Waals surface area contributed by atoms with Crippen molar-refractivity contribution in [2.45, 2.75) is 39.5 Å². The van der Waals surface area contributed by atoms with Gasteiger partial charge in [-0.15, -0.1) is 0 Å². The Bertz CT molecular complexity index is 479. The third-order valence-electron chi connectivity index (χ3n) is 3.89. The highest BCUT2D eigenvalue weighted by Crippen LogP contribution is 2.27. The number of hydrogen-bond acceptors (Lipinski definition) is 3. The van der Waals surface area contributed by atoms with Crippen molar-refractivity contribution in [3.63, 3.8) is 0 Å². The van der Waals surface area contributed by atoms with E-state index in [1.165, 1.54) is 12.8 Å². The summed E-state index contributed by atoms with van der Waals surface area (Å²) in [6, 6.07) is 6.21. The van der Waals surface area contributed by atoms with E-state index in [4.69, 9.17) is 5.73 Å². The molecule has 3 N–H and O–H groups in total. The Morgan fingerprint density at radius 2 is 2.05 bits per heavy atom. The molecule has 0 spiro atoms. The van der Waals surface area contributed by atoms with Crippen molar-refractivity contribution >= 4 is 17.3 Å². The number of hydrogen-bond donors (Lipinski definition) is 2. The highest BCUT2D eigenvalue weighted by molar-refractivity contribution is 5.76. The zero-order valence-electron chi connectivity index (χ0n) is 13.2. The summed E-state index contributed by atoms with van der Waals surface area (Å²) in [5, 5.41) is 2.94. The molecular weight excluding hydrogens is 262 g/mol. The monoisotopic (exact) mass is 289 g/mol. The molecule has 1 heterocycles. The summed E-state index contributed by atoms with van der Waals surface area (Å²) < 4.78 is 0. The average Bonchev–Trinajstić information content (AvgIpc) is 2.97. The summed E-state index contributed by atoms with van der Waals surface area (Å²) in [6.45, 7) is 7.13. The van der Waals surface area contributed by atoms with E-state index in [1.54, 1.807) is 0 Å². The van der Waals surface area contributed by atoms with E-state index >= 15 is 0 Å². The van der Waals surface area contributed by atoms with Crippen LogP contribution in [0.1, 0.15) is 38.7 Å². The van der Waals surface area contributed by atoms with Crippen molar-refractivity contribution in [1.82, 2.24) is 5.32 Å². The predicted octanol–water partition coefficient (Wildman–Crippen LogP) is 2.57. The number of nitrogens with zero attached hydrogens (tertiary/aromatic N) is 1. The normalized spacial score (nSPS) is 14.7. The first-order valence-electron chi connectivity index (χ1n) is 7.96. The Labute approximate surface area is 127 Å². The van der Waals surface area contributed by atoms with E-state index in [1.807, 2.05) is 6.07 Å². The molecule has 0 aliphatic carbocycles. The quantitative estimate of drug-likeness (QED) is 0.791. The van der Waals surface area contributed by atoms with Crippen molar-refractivity contribution in [1.29, 1.82) is 0 Å². The van der Waals surface area contributed by atoms with Gasteiger partial charge in [0.15, 0.2) is 0 Å². The van der Waals surface area contributed by atoms with Crippen LogP contribution in [-0.2, 0) is 11.2 Å². The van der Waals surface area contributed by atoms with Gasteiger partial charge in [-0.1, -0.05) is 19.9 Å². The fourth-order valence-corrected chi connectivity index (χ4v) is 2.67. The lowest BCUT2D eigenvalue weighted by molar-refractivity contribution is -0.121. The number of rotatable bonds is 6. The highest BCUT2D eigenvalue weighted by Gasteiger charge is 2.15. The Kier molecular flexibility index (Phi) is 5.48. The summed E-state index contributed by atoms with van der Waals surface area (Å²) in [5.74, 6) is 0.607. The van der Waals surface area contributed by atoms with Gasteiger partial charge >= 0.3 is 0 Å². The number of nitrogen functional groups attached to an aromatic ring is 1. The molecule has 0 bridgehead atoms. The number of aryl methyl sites for hydroxylation is 1. The number of carbonyl (C=O) groups is 1. The largest absolute Gasteiger partial charge is 0.397 e. The van der Waals surface area contributed by atoms with E-state index < -0.39 is 0 Å². The van der Waals surface area contributed by atoms with Gasteiger partial charge < -0.3 is 16.0 Å². The van der Waals surface area contributed by atoms with Crippen LogP contribution in [0.5, 0.6) is 0 Å². The van der Waals surface area contributed by atoms with Gasteiger partial charge in [-0.2, -0.15) is 0 Å². The van der Waals surface area contributed by atoms with Crippen LogP contribution in [0.15, 0.2) is 18.2 Å². The van der Waals surface area contributed by atoms with Crippen LogP contribution in [0, 0.1) is 5.92 Å². The maximum atomic E-state index is 11.7. The van der Waals surface area contributed by atoms with Crippen LogP contribution in [-0.4, -0.2) is 25.5 Å². The van der Waals surface area contributed by atoms with Crippen LogP contribution < -0.4 is 16.0 Å². The molecule has 1 aromatic rings. The van der Waals surface area contributed by atoms with E-state index in [2.05, 4.69) is 36.2 Å². The molecule has 0 saturated carbocycles. The molecule has 0 unspecified atom stereocenters. The first kappa shape index (κ1) is 15.7. The SMILES string of the molecule is CC(C)CNC(=O)CCc1ccc(N2CCCC2)c(N)c1. The maximum Gasteiger partial charge on any atom is 0.220 e. The Hall–Kier alpha value is -1.71. The van der Waals surface area contributed by atoms with Crippen LogP contribution in [0.4, 0.5) is 11.4 Å². The number of benzene rings is 1. The van der Waals surface area contributed by atoms with Gasteiger partial charge in [-0.25, -0.2) is 0 Å². The van der Waals surface area contributed by atoms with Crippen molar-refractivity contribution in [2.24, 2.45) is 5.92 Å². The molecule has 1 fully saturated rings. The average molecular weight is 289 g/mol. The van der Waals surface area contributed by atoms with Gasteiger partial charge in [-0.3, -0.25) is 4.79 Å². The smallest absolute Gasteiger partial charge is 0.220 e. The molecular formula is C17H27N3O. The third-order valence-corrected chi connectivity index (χ3v) is 3.89. The fraction of sp³-hybridized carbons (Fsp3) is 0.588. The van der Waals surface area contributed by atoms with Crippen LogP contribution in [0.3, 0.4) is 0 Å². The van der Waals surface area contributed by atoms with Gasteiger partial charge in [0.25, 0.3) is 0 Å². The summed E-state index contributed by atoms with van der Waals surface area (Å²) in [7, 11) is 0. The van der Waals surface area contributed by atoms with Crippen LogP contribution in [0.2, 0.25) is 0 Å². The molecule has 0 radical (unpaired) electrons. The maximum absolute atomic E-state index is 11.7. The summed E-state index contributed by atoms with van der Waals surface area (Å²) in [4.78, 5) is 14.1. The molecule has 0 atom stereocenters. The van der Waals surface area contributed by atoms with Crippen molar-refractivity contribution in [3.05, 3.63) is 23.8 Å². The van der Waals surface area contributed by atoms with Crippen molar-refractivity contribution < 1.29 is 4.79 Å². The second-order valence-corrected chi connectivity index (χ2v) is 6.29. The zero-order valence-corrected chi connectivity index (χ0v) is 13.2. The number of carbonyl (C=O) groups excluding carboxylic acids is 1. The molecule has 116 valence electrons. The second-order valence-electron chi connectivity index (χ2n) is 6.29. The van der Waals surface area contributed by atoms with Crippen molar-refractivity contribution in [3.8, 4) is 0 Å². The van der Waals surface area contributed by atoms with E-state index in [0.717, 1.165) is 43.0 Å². The lowest BCUT2D eigenvalue weighted by Crippen LogP contribution is -2.27. The van der Waals surface area contributed by atoms with E-state index in [9.17, 15) is 4.79 Å². The first-order valence-corrected chi connectivity index (χ1v) is 7.96. The van der Waals surface area contributed by atoms with Gasteiger partial charge in [0, 0.05) is 26.1 Å². The van der Waals surface area contributed by atoms with Crippen LogP contribution >= 0.6 is 0 Å². The molecule has 4 heteroatoms. The standard InChI is InChI=1S/C17H27N3O/c1-13(2)12-19-17(21)8-6-14-5-7-16(15(18)11-14)20-9-3-4-10-20/h5,7,11,13H,3-4,6,8-10,12,18H2,1-2H3,(H,19,21). The van der Waals surface area contributed by atoms with Crippen LogP contribution in [0.25, 0.3) is 0 Å². The Morgan fingerprint density at radius 1 is 1.33 bits per heavy atom. The minimum absolute atomic E-state index is 0.117. The van der Waals surface area contributed by atoms with Gasteiger partial charge in [-0.05, 0) is 42.9 Å². The molecule has 1 saturated heterocycles. The van der Waals surface area contributed by atoms with E-state index in [0.29, 0.717) is 12.3 Å². The molecule has 21 heavy (non-hydrogen) atoms. The third kappa shape index (κ3) is 4.66. The minimum atomic E-state index is 0.117. The number of nitrogens with two attached hydrogens (primary N) is 1. The fourth-order valence-electron chi connectivity index (χ4n) is 2.67. The summed E-state index contributed by atoms with van der Waals surface area (Å²) >= 11 is 0. The molecule has 1 aromatic carbocycles. The molecule has 1 aliphatic heterocycles. The van der Waals surface area contributed by atoms with Gasteiger partial charge in [0.2, 0.25) is 5.91 Å². The Morgan fingerprint density at radius 3 is 2.67 bits per heavy atom. The van der Waals surface area contributed by atoms with Gasteiger partial charge in [0.05, 0.1) is 11.4 Å². The lowest BCUT2D eigenvalue weighted by Gasteiger charge is -2.20. The molecule has 4 nitrogen and oxygen atoms in total. The zero-order chi connectivity index (χ0) is 15.2. The second kappa shape index (κ2) is 7.34. The lowest BCUT2D eigenvalue weighted by atomic mass is 10.1. The molecule has 0 aromatic heterocycles. The number of nitrogens with one attached hydrogen (secondary N) is 1. The number of amides is 1. The molecule has 2 rings (SSSR count). The summed E-state index contributed by atoms with van der Waals surface area (Å²) in [6.07, 6.45) is 3.76. The van der Waals surface area contributed by atoms with E-state index in [-0.39, 0.29) is 5.91 Å². The van der Waals surface area contributed by atoms with Gasteiger partial charge in [0.1, 0.15) is 0 Å². The highest BCUT2D eigenvalue weighted by atomic mass is 16.1. The van der Waals surface area contributed by atoms with Crippen molar-refractivity contribution in [2.75, 3.05) is 30.3 Å². The summed E-state index contributed by atoms with van der Waals surface area (Å²) in [5.41, 5.74) is 9.27. The first-order chi connectivity index (χ1) is 10.1. The number of anilines is 2.